The van der Waals surface area contributed by atoms with Crippen LogP contribution in [-0.2, 0) is 4.43 Å². The Morgan fingerprint density at radius 1 is 1.23 bits per heavy atom. The quantitative estimate of drug-likeness (QED) is 0.532. The van der Waals surface area contributed by atoms with E-state index in [1.54, 1.807) is 0 Å². The standard InChI is InChI=1S/C9H21ClO2Si/c1-4-13(5-2,6-3)12-8-9(11)7-10/h9,11H,4-8H2,1-3H3/t9-/m1/s1. The van der Waals surface area contributed by atoms with Gasteiger partial charge in [0.1, 0.15) is 0 Å². The smallest absolute Gasteiger partial charge is 0.192 e. The van der Waals surface area contributed by atoms with Crippen molar-refractivity contribution in [1.82, 2.24) is 0 Å². The maximum atomic E-state index is 9.27. The summed E-state index contributed by atoms with van der Waals surface area (Å²) in [6.45, 7) is 6.93. The lowest BCUT2D eigenvalue weighted by Gasteiger charge is -2.28. The molecule has 0 aromatic carbocycles. The molecule has 0 aliphatic heterocycles. The Morgan fingerprint density at radius 3 is 2.00 bits per heavy atom. The molecule has 0 bridgehead atoms. The molecule has 0 unspecified atom stereocenters. The fraction of sp³-hybridized carbons (Fsp3) is 1.00. The molecular formula is C9H21ClO2Si. The van der Waals surface area contributed by atoms with Gasteiger partial charge >= 0.3 is 0 Å². The molecule has 1 N–H and O–H groups in total. The van der Waals surface area contributed by atoms with Gasteiger partial charge in [-0.25, -0.2) is 0 Å². The summed E-state index contributed by atoms with van der Waals surface area (Å²) in [5.41, 5.74) is 0. The first-order valence-corrected chi connectivity index (χ1v) is 8.08. The summed E-state index contributed by atoms with van der Waals surface area (Å²) in [6.07, 6.45) is -0.502. The van der Waals surface area contributed by atoms with Crippen molar-refractivity contribution in [2.45, 2.75) is 45.0 Å². The zero-order valence-electron chi connectivity index (χ0n) is 8.85. The molecule has 80 valence electrons. The van der Waals surface area contributed by atoms with E-state index in [9.17, 15) is 5.11 Å². The second-order valence-electron chi connectivity index (χ2n) is 3.36. The van der Waals surface area contributed by atoms with Crippen LogP contribution in [0.2, 0.25) is 18.1 Å². The van der Waals surface area contributed by atoms with E-state index >= 15 is 0 Å². The van der Waals surface area contributed by atoms with Crippen molar-refractivity contribution in [2.75, 3.05) is 12.5 Å². The molecule has 0 saturated carbocycles. The van der Waals surface area contributed by atoms with Crippen LogP contribution in [0, 0.1) is 0 Å². The molecular weight excluding hydrogens is 204 g/mol. The highest BCUT2D eigenvalue weighted by Gasteiger charge is 2.29. The number of hydrogen-bond acceptors (Lipinski definition) is 2. The van der Waals surface area contributed by atoms with Gasteiger partial charge in [0, 0.05) is 0 Å². The van der Waals surface area contributed by atoms with Gasteiger partial charge in [-0.05, 0) is 18.1 Å². The number of hydrogen-bond donors (Lipinski definition) is 1. The maximum Gasteiger partial charge on any atom is 0.192 e. The summed E-state index contributed by atoms with van der Waals surface area (Å²) in [7, 11) is -1.52. The van der Waals surface area contributed by atoms with Crippen LogP contribution in [-0.4, -0.2) is 32.0 Å². The van der Waals surface area contributed by atoms with Gasteiger partial charge in [-0.15, -0.1) is 11.6 Å². The van der Waals surface area contributed by atoms with Gasteiger partial charge in [0.15, 0.2) is 8.32 Å². The predicted molar refractivity (Wildman–Crippen MR) is 59.9 cm³/mol. The van der Waals surface area contributed by atoms with Crippen LogP contribution in [0.4, 0.5) is 0 Å². The monoisotopic (exact) mass is 224 g/mol. The largest absolute Gasteiger partial charge is 0.414 e. The van der Waals surface area contributed by atoms with Crippen molar-refractivity contribution in [3.63, 3.8) is 0 Å². The molecule has 0 rings (SSSR count). The Kier molecular flexibility index (Phi) is 7.04. The second-order valence-corrected chi connectivity index (χ2v) is 8.45. The van der Waals surface area contributed by atoms with Crippen molar-refractivity contribution in [2.24, 2.45) is 0 Å². The van der Waals surface area contributed by atoms with Crippen LogP contribution in [0.15, 0.2) is 0 Å². The molecule has 4 heteroatoms. The molecule has 0 aromatic heterocycles. The minimum Gasteiger partial charge on any atom is -0.414 e. The molecule has 0 heterocycles. The van der Waals surface area contributed by atoms with Gasteiger partial charge in [0.25, 0.3) is 0 Å². The zero-order chi connectivity index (χ0) is 10.3. The number of rotatable bonds is 7. The third-order valence-electron chi connectivity index (χ3n) is 2.69. The van der Waals surface area contributed by atoms with Crippen molar-refractivity contribution in [3.8, 4) is 0 Å². The Balaban J connectivity index is 3.95. The van der Waals surface area contributed by atoms with Crippen LogP contribution in [0.25, 0.3) is 0 Å². The lowest BCUT2D eigenvalue weighted by atomic mass is 10.4. The van der Waals surface area contributed by atoms with Crippen LogP contribution < -0.4 is 0 Å². The summed E-state index contributed by atoms with van der Waals surface area (Å²) in [6, 6.07) is 3.36. The van der Waals surface area contributed by atoms with Crippen molar-refractivity contribution < 1.29 is 9.53 Å². The Labute approximate surface area is 87.4 Å². The number of aliphatic hydroxyl groups excluding tert-OH is 1. The van der Waals surface area contributed by atoms with Gasteiger partial charge < -0.3 is 9.53 Å². The third kappa shape index (κ3) is 4.45. The molecule has 0 aliphatic rings. The molecule has 0 saturated heterocycles. The number of halogens is 1. The lowest BCUT2D eigenvalue weighted by Crippen LogP contribution is -2.38. The first kappa shape index (κ1) is 13.4. The molecule has 0 spiro atoms. The molecule has 0 aliphatic carbocycles. The van der Waals surface area contributed by atoms with E-state index < -0.39 is 14.4 Å². The van der Waals surface area contributed by atoms with E-state index in [1.807, 2.05) is 0 Å². The van der Waals surface area contributed by atoms with E-state index in [4.69, 9.17) is 16.0 Å². The predicted octanol–water partition coefficient (Wildman–Crippen LogP) is 2.61. The lowest BCUT2D eigenvalue weighted by molar-refractivity contribution is 0.119. The average Bonchev–Trinajstić information content (AvgIpc) is 2.20. The molecule has 0 fully saturated rings. The molecule has 0 amide bonds. The van der Waals surface area contributed by atoms with Crippen molar-refractivity contribution in [3.05, 3.63) is 0 Å². The van der Waals surface area contributed by atoms with Gasteiger partial charge in [0.2, 0.25) is 0 Å². The maximum absolute atomic E-state index is 9.27. The Morgan fingerprint density at radius 2 is 1.69 bits per heavy atom. The minimum absolute atomic E-state index is 0.265. The van der Waals surface area contributed by atoms with E-state index in [0.717, 1.165) is 18.1 Å². The number of aliphatic hydroxyl groups is 1. The van der Waals surface area contributed by atoms with Crippen LogP contribution in [0.5, 0.6) is 0 Å². The molecule has 0 radical (unpaired) electrons. The van der Waals surface area contributed by atoms with Crippen LogP contribution in [0.1, 0.15) is 20.8 Å². The van der Waals surface area contributed by atoms with Crippen molar-refractivity contribution in [1.29, 1.82) is 0 Å². The van der Waals surface area contributed by atoms with Gasteiger partial charge in [-0.3, -0.25) is 0 Å². The SMILES string of the molecule is CC[Si](CC)(CC)OC[C@H](O)CCl. The minimum atomic E-state index is -1.52. The highest BCUT2D eigenvalue weighted by molar-refractivity contribution is 6.73. The second kappa shape index (κ2) is 6.82. The van der Waals surface area contributed by atoms with Gasteiger partial charge in [-0.1, -0.05) is 20.8 Å². The zero-order valence-corrected chi connectivity index (χ0v) is 10.6. The average molecular weight is 225 g/mol. The summed E-state index contributed by atoms with van der Waals surface area (Å²) in [5, 5.41) is 9.27. The highest BCUT2D eigenvalue weighted by Crippen LogP contribution is 2.21. The Hall–Kier alpha value is 0.427. The van der Waals surface area contributed by atoms with Gasteiger partial charge in [0.05, 0.1) is 18.6 Å². The first-order chi connectivity index (χ1) is 6.14. The van der Waals surface area contributed by atoms with E-state index in [-0.39, 0.29) is 5.88 Å². The molecule has 0 aromatic rings. The first-order valence-electron chi connectivity index (χ1n) is 5.02. The van der Waals surface area contributed by atoms with E-state index in [1.165, 1.54) is 0 Å². The molecule has 2 nitrogen and oxygen atoms in total. The summed E-state index contributed by atoms with van der Waals surface area (Å²) >= 11 is 5.50. The van der Waals surface area contributed by atoms with E-state index in [0.29, 0.717) is 6.61 Å². The molecule has 13 heavy (non-hydrogen) atoms. The molecule has 1 atom stereocenters. The van der Waals surface area contributed by atoms with Gasteiger partial charge in [-0.2, -0.15) is 0 Å². The highest BCUT2D eigenvalue weighted by atomic mass is 35.5. The third-order valence-corrected chi connectivity index (χ3v) is 7.69. The summed E-state index contributed by atoms with van der Waals surface area (Å²) < 4.78 is 5.83. The summed E-state index contributed by atoms with van der Waals surface area (Å²) in [4.78, 5) is 0. The summed E-state index contributed by atoms with van der Waals surface area (Å²) in [5.74, 6) is 0.265. The normalized spacial score (nSPS) is 14.5. The fourth-order valence-corrected chi connectivity index (χ4v) is 4.12. The Bertz CT molecular complexity index is 121. The topological polar surface area (TPSA) is 29.5 Å². The fourth-order valence-electron chi connectivity index (χ4n) is 1.37. The van der Waals surface area contributed by atoms with E-state index in [2.05, 4.69) is 20.8 Å². The number of alkyl halides is 1. The van der Waals surface area contributed by atoms with Crippen LogP contribution in [0.3, 0.4) is 0 Å². The van der Waals surface area contributed by atoms with Crippen molar-refractivity contribution >= 4 is 19.9 Å². The van der Waals surface area contributed by atoms with Crippen LogP contribution >= 0.6 is 11.6 Å².